The number of hydrogen-bond acceptors (Lipinski definition) is 1. The SMILES string of the molecule is CNC(Cc1cccc(C(F)(F)F)c1)C1CCC(C)CC1. The first kappa shape index (κ1) is 16.3. The van der Waals surface area contributed by atoms with Crippen LogP contribution in [0.1, 0.15) is 43.7 Å². The van der Waals surface area contributed by atoms with Crippen LogP contribution >= 0.6 is 0 Å². The molecule has 0 aromatic heterocycles. The van der Waals surface area contributed by atoms with Crippen LogP contribution in [0.2, 0.25) is 0 Å². The van der Waals surface area contributed by atoms with E-state index < -0.39 is 11.7 Å². The summed E-state index contributed by atoms with van der Waals surface area (Å²) < 4.78 is 38.3. The Bertz CT molecular complexity index is 448. The van der Waals surface area contributed by atoms with Crippen molar-refractivity contribution in [3.63, 3.8) is 0 Å². The molecule has 0 heterocycles. The molecule has 0 aliphatic heterocycles. The lowest BCUT2D eigenvalue weighted by atomic mass is 9.77. The van der Waals surface area contributed by atoms with Gasteiger partial charge in [-0.1, -0.05) is 38.0 Å². The van der Waals surface area contributed by atoms with Crippen molar-refractivity contribution < 1.29 is 13.2 Å². The quantitative estimate of drug-likeness (QED) is 0.852. The van der Waals surface area contributed by atoms with Gasteiger partial charge in [0.1, 0.15) is 0 Å². The van der Waals surface area contributed by atoms with Gasteiger partial charge in [-0.25, -0.2) is 0 Å². The summed E-state index contributed by atoms with van der Waals surface area (Å²) in [5.74, 6) is 1.35. The van der Waals surface area contributed by atoms with E-state index in [1.165, 1.54) is 37.8 Å². The fraction of sp³-hybridized carbons (Fsp3) is 0.647. The van der Waals surface area contributed by atoms with Crippen molar-refractivity contribution in [2.45, 2.75) is 51.2 Å². The molecule has 118 valence electrons. The van der Waals surface area contributed by atoms with Gasteiger partial charge in [-0.2, -0.15) is 13.2 Å². The van der Waals surface area contributed by atoms with Crippen LogP contribution in [0, 0.1) is 11.8 Å². The molecule has 0 saturated heterocycles. The molecule has 4 heteroatoms. The minimum atomic E-state index is -4.26. The van der Waals surface area contributed by atoms with Crippen LogP contribution in [0.5, 0.6) is 0 Å². The van der Waals surface area contributed by atoms with Crippen molar-refractivity contribution in [2.75, 3.05) is 7.05 Å². The fourth-order valence-electron chi connectivity index (χ4n) is 3.32. The van der Waals surface area contributed by atoms with Crippen LogP contribution < -0.4 is 5.32 Å². The highest BCUT2D eigenvalue weighted by Crippen LogP contribution is 2.33. The van der Waals surface area contributed by atoms with E-state index in [0.717, 1.165) is 17.5 Å². The first-order chi connectivity index (χ1) is 9.90. The molecular formula is C17H24F3N. The monoisotopic (exact) mass is 299 g/mol. The van der Waals surface area contributed by atoms with E-state index >= 15 is 0 Å². The van der Waals surface area contributed by atoms with E-state index in [1.807, 2.05) is 7.05 Å². The van der Waals surface area contributed by atoms with Gasteiger partial charge in [0.05, 0.1) is 5.56 Å². The average molecular weight is 299 g/mol. The molecule has 0 bridgehead atoms. The minimum absolute atomic E-state index is 0.265. The van der Waals surface area contributed by atoms with Gasteiger partial charge in [-0.05, 0) is 49.8 Å². The van der Waals surface area contributed by atoms with Crippen LogP contribution in [0.25, 0.3) is 0 Å². The zero-order chi connectivity index (χ0) is 15.5. The first-order valence-corrected chi connectivity index (χ1v) is 7.73. The van der Waals surface area contributed by atoms with Gasteiger partial charge in [0.25, 0.3) is 0 Å². The third-order valence-electron chi connectivity index (χ3n) is 4.71. The highest BCUT2D eigenvalue weighted by Gasteiger charge is 2.31. The normalized spacial score (nSPS) is 24.8. The van der Waals surface area contributed by atoms with E-state index in [4.69, 9.17) is 0 Å². The topological polar surface area (TPSA) is 12.0 Å². The van der Waals surface area contributed by atoms with Crippen molar-refractivity contribution in [3.05, 3.63) is 35.4 Å². The van der Waals surface area contributed by atoms with E-state index in [0.29, 0.717) is 12.3 Å². The Kier molecular flexibility index (Phi) is 5.31. The van der Waals surface area contributed by atoms with Crippen LogP contribution in [-0.2, 0) is 12.6 Å². The van der Waals surface area contributed by atoms with Gasteiger partial charge in [-0.15, -0.1) is 0 Å². The Labute approximate surface area is 124 Å². The van der Waals surface area contributed by atoms with Crippen LogP contribution in [0.4, 0.5) is 13.2 Å². The molecule has 1 atom stereocenters. The molecule has 1 aliphatic carbocycles. The molecule has 0 radical (unpaired) electrons. The number of halogens is 3. The predicted molar refractivity (Wildman–Crippen MR) is 79.1 cm³/mol. The Morgan fingerprint density at radius 1 is 1.19 bits per heavy atom. The lowest BCUT2D eigenvalue weighted by Crippen LogP contribution is -2.37. The van der Waals surface area contributed by atoms with Gasteiger partial charge < -0.3 is 5.32 Å². The van der Waals surface area contributed by atoms with Crippen molar-refractivity contribution in [3.8, 4) is 0 Å². The van der Waals surface area contributed by atoms with Gasteiger partial charge in [0, 0.05) is 6.04 Å². The fourth-order valence-corrected chi connectivity index (χ4v) is 3.32. The molecule has 1 nitrogen and oxygen atoms in total. The molecule has 1 N–H and O–H groups in total. The molecule has 1 fully saturated rings. The molecule has 2 rings (SSSR count). The number of benzene rings is 1. The second-order valence-corrected chi connectivity index (χ2v) is 6.32. The largest absolute Gasteiger partial charge is 0.416 e. The molecule has 21 heavy (non-hydrogen) atoms. The molecule has 1 unspecified atom stereocenters. The van der Waals surface area contributed by atoms with Crippen molar-refractivity contribution in [1.29, 1.82) is 0 Å². The summed E-state index contributed by atoms with van der Waals surface area (Å²) in [5.41, 5.74) is 0.218. The van der Waals surface area contributed by atoms with Gasteiger partial charge in [-0.3, -0.25) is 0 Å². The number of likely N-dealkylation sites (N-methyl/N-ethyl adjacent to an activating group) is 1. The van der Waals surface area contributed by atoms with E-state index in [1.54, 1.807) is 6.07 Å². The summed E-state index contributed by atoms with van der Waals surface area (Å²) >= 11 is 0. The van der Waals surface area contributed by atoms with Gasteiger partial charge in [0.2, 0.25) is 0 Å². The standard InChI is InChI=1S/C17H24F3N/c1-12-6-8-14(9-7-12)16(21-2)11-13-4-3-5-15(10-13)17(18,19)20/h3-5,10,12,14,16,21H,6-9,11H2,1-2H3. The molecule has 0 spiro atoms. The van der Waals surface area contributed by atoms with Crippen molar-refractivity contribution in [2.24, 2.45) is 11.8 Å². The van der Waals surface area contributed by atoms with E-state index in [-0.39, 0.29) is 6.04 Å². The van der Waals surface area contributed by atoms with Crippen molar-refractivity contribution in [1.82, 2.24) is 5.32 Å². The first-order valence-electron chi connectivity index (χ1n) is 7.73. The Balaban J connectivity index is 2.05. The Morgan fingerprint density at radius 3 is 2.43 bits per heavy atom. The van der Waals surface area contributed by atoms with Gasteiger partial charge >= 0.3 is 6.18 Å². The highest BCUT2D eigenvalue weighted by molar-refractivity contribution is 5.26. The summed E-state index contributed by atoms with van der Waals surface area (Å²) in [5, 5.41) is 3.31. The maximum atomic E-state index is 12.8. The van der Waals surface area contributed by atoms with Gasteiger partial charge in [0.15, 0.2) is 0 Å². The Morgan fingerprint density at radius 2 is 1.86 bits per heavy atom. The highest BCUT2D eigenvalue weighted by atomic mass is 19.4. The summed E-state index contributed by atoms with van der Waals surface area (Å²) in [7, 11) is 1.91. The third kappa shape index (κ3) is 4.47. The second-order valence-electron chi connectivity index (χ2n) is 6.32. The van der Waals surface area contributed by atoms with E-state index in [9.17, 15) is 13.2 Å². The number of alkyl halides is 3. The predicted octanol–water partition coefficient (Wildman–Crippen LogP) is 4.66. The molecular weight excluding hydrogens is 275 g/mol. The molecule has 0 amide bonds. The molecule has 1 aromatic carbocycles. The zero-order valence-electron chi connectivity index (χ0n) is 12.7. The summed E-state index contributed by atoms with van der Waals surface area (Å²) in [6.07, 6.45) is 1.21. The summed E-state index contributed by atoms with van der Waals surface area (Å²) in [6.45, 7) is 2.28. The summed E-state index contributed by atoms with van der Waals surface area (Å²) in [6, 6.07) is 6.00. The molecule has 1 saturated carbocycles. The lowest BCUT2D eigenvalue weighted by Gasteiger charge is -2.32. The number of hydrogen-bond donors (Lipinski definition) is 1. The molecule has 1 aliphatic rings. The van der Waals surface area contributed by atoms with Crippen LogP contribution in [0.15, 0.2) is 24.3 Å². The lowest BCUT2D eigenvalue weighted by molar-refractivity contribution is -0.137. The molecule has 1 aromatic rings. The number of nitrogens with one attached hydrogen (secondary N) is 1. The zero-order valence-corrected chi connectivity index (χ0v) is 12.7. The smallest absolute Gasteiger partial charge is 0.316 e. The van der Waals surface area contributed by atoms with E-state index in [2.05, 4.69) is 12.2 Å². The van der Waals surface area contributed by atoms with Crippen LogP contribution in [-0.4, -0.2) is 13.1 Å². The average Bonchev–Trinajstić information content (AvgIpc) is 2.45. The summed E-state index contributed by atoms with van der Waals surface area (Å²) in [4.78, 5) is 0. The maximum Gasteiger partial charge on any atom is 0.416 e. The van der Waals surface area contributed by atoms with Crippen molar-refractivity contribution >= 4 is 0 Å². The van der Waals surface area contributed by atoms with Crippen LogP contribution in [0.3, 0.4) is 0 Å². The Hall–Kier alpha value is -1.03. The maximum absolute atomic E-state index is 12.8. The number of rotatable bonds is 4. The minimum Gasteiger partial charge on any atom is -0.316 e. The third-order valence-corrected chi connectivity index (χ3v) is 4.71. The second kappa shape index (κ2) is 6.82.